The molecule has 0 radical (unpaired) electrons. The lowest BCUT2D eigenvalue weighted by Gasteiger charge is -2.11. The Balaban J connectivity index is 2.13. The molecule has 1 aromatic carbocycles. The molecule has 24 heavy (non-hydrogen) atoms. The summed E-state index contributed by atoms with van der Waals surface area (Å²) in [6.07, 6.45) is 0. The largest absolute Gasteiger partial charge is 0.339 e. The third-order valence-electron chi connectivity index (χ3n) is 3.62. The fourth-order valence-electron chi connectivity index (χ4n) is 2.44. The molecule has 0 bridgehead atoms. The van der Waals surface area contributed by atoms with Crippen molar-refractivity contribution in [2.24, 2.45) is 7.05 Å². The molecular weight excluding hydrogens is 424 g/mol. The third kappa shape index (κ3) is 3.05. The number of aromatic nitrogens is 4. The lowest BCUT2D eigenvalue weighted by Crippen LogP contribution is -2.06. The summed E-state index contributed by atoms with van der Waals surface area (Å²) in [7, 11) is 1.74. The van der Waals surface area contributed by atoms with Gasteiger partial charge in [0.2, 0.25) is 0 Å². The molecule has 8 heteroatoms. The van der Waals surface area contributed by atoms with Crippen molar-refractivity contribution in [3.8, 4) is 11.4 Å². The van der Waals surface area contributed by atoms with Gasteiger partial charge in [-0.25, -0.2) is 9.37 Å². The van der Waals surface area contributed by atoms with Crippen LogP contribution in [0.1, 0.15) is 23.2 Å². The highest BCUT2D eigenvalue weighted by molar-refractivity contribution is 14.1. The molecule has 0 saturated carbocycles. The number of nitrogens with zero attached hydrogens (tertiary/aromatic N) is 3. The van der Waals surface area contributed by atoms with Crippen LogP contribution in [-0.2, 0) is 7.05 Å². The fourth-order valence-corrected chi connectivity index (χ4v) is 2.90. The maximum atomic E-state index is 14.2. The second-order valence-corrected chi connectivity index (χ2v) is 6.65. The molecule has 0 atom stereocenters. The number of carbonyl (C=O) groups excluding carboxylic acids is 1. The Labute approximate surface area is 151 Å². The summed E-state index contributed by atoms with van der Waals surface area (Å²) in [5, 5.41) is 9.98. The molecule has 0 aliphatic carbocycles. The number of benzene rings is 1. The van der Waals surface area contributed by atoms with Crippen molar-refractivity contribution in [1.29, 1.82) is 0 Å². The summed E-state index contributed by atoms with van der Waals surface area (Å²) in [5.74, 6) is 1.19. The zero-order chi connectivity index (χ0) is 17.4. The molecule has 2 heterocycles. The second kappa shape index (κ2) is 6.34. The van der Waals surface area contributed by atoms with Gasteiger partial charge in [-0.05, 0) is 53.8 Å². The molecular formula is C16H15FIN5O. The van der Waals surface area contributed by atoms with Gasteiger partial charge in [-0.1, -0.05) is 0 Å². The average molecular weight is 439 g/mol. The molecule has 0 saturated heterocycles. The van der Waals surface area contributed by atoms with Gasteiger partial charge < -0.3 is 9.88 Å². The molecule has 0 aliphatic rings. The van der Waals surface area contributed by atoms with Crippen LogP contribution in [0.15, 0.2) is 24.3 Å². The number of halogens is 2. The van der Waals surface area contributed by atoms with Crippen molar-refractivity contribution in [3.05, 3.63) is 45.2 Å². The quantitative estimate of drug-likeness (QED) is 0.479. The lowest BCUT2D eigenvalue weighted by molar-refractivity contribution is 0.101. The number of aryl methyl sites for hydroxylation is 1. The number of hydrogen-bond donors (Lipinski definition) is 2. The topological polar surface area (TPSA) is 75.6 Å². The molecule has 3 aromatic rings. The number of carbonyl (C=O) groups is 1. The summed E-state index contributed by atoms with van der Waals surface area (Å²) in [5.41, 5.74) is 1.44. The van der Waals surface area contributed by atoms with Crippen LogP contribution in [0.5, 0.6) is 0 Å². The van der Waals surface area contributed by atoms with Crippen molar-refractivity contribution >= 4 is 39.9 Å². The Kier molecular flexibility index (Phi) is 4.39. The highest BCUT2D eigenvalue weighted by Crippen LogP contribution is 2.32. The maximum Gasteiger partial charge on any atom is 0.184 e. The summed E-state index contributed by atoms with van der Waals surface area (Å²) in [4.78, 5) is 16.2. The highest BCUT2D eigenvalue weighted by Gasteiger charge is 2.20. The standard InChI is InChI=1S/C16H15FIN5O/c1-8(24)14-7-11(15-19-9(2)21-22-15)16(23(14)3)20-13-5-4-10(18)6-12(13)17/h4-7,20H,1-3H3,(H,19,21,22). The van der Waals surface area contributed by atoms with Crippen molar-refractivity contribution in [2.45, 2.75) is 13.8 Å². The first-order valence-electron chi connectivity index (χ1n) is 7.19. The number of Topliss-reactive ketones (excluding diaryl/α,β-unsaturated/α-hetero) is 1. The number of H-pyrrole nitrogens is 1. The van der Waals surface area contributed by atoms with Crippen molar-refractivity contribution in [3.63, 3.8) is 0 Å². The smallest absolute Gasteiger partial charge is 0.184 e. The van der Waals surface area contributed by atoms with Crippen LogP contribution >= 0.6 is 22.6 Å². The molecule has 3 rings (SSSR count). The van der Waals surface area contributed by atoms with Gasteiger partial charge in [0.05, 0.1) is 16.9 Å². The number of aromatic amines is 1. The zero-order valence-electron chi connectivity index (χ0n) is 13.3. The first kappa shape index (κ1) is 16.6. The fraction of sp³-hybridized carbons (Fsp3) is 0.188. The molecule has 0 aliphatic heterocycles. The Morgan fingerprint density at radius 3 is 2.71 bits per heavy atom. The molecule has 0 fully saturated rings. The molecule has 2 aromatic heterocycles. The van der Waals surface area contributed by atoms with Gasteiger partial charge in [0, 0.05) is 17.5 Å². The Morgan fingerprint density at radius 2 is 2.12 bits per heavy atom. The number of ketones is 1. The monoisotopic (exact) mass is 439 g/mol. The van der Waals surface area contributed by atoms with E-state index in [9.17, 15) is 9.18 Å². The Hall–Kier alpha value is -2.23. The predicted octanol–water partition coefficient (Wildman–Crippen LogP) is 3.81. The molecule has 124 valence electrons. The van der Waals surface area contributed by atoms with Crippen LogP contribution in [0.25, 0.3) is 11.4 Å². The van der Waals surface area contributed by atoms with Crippen molar-refractivity contribution < 1.29 is 9.18 Å². The van der Waals surface area contributed by atoms with E-state index in [-0.39, 0.29) is 11.6 Å². The first-order chi connectivity index (χ1) is 11.4. The van der Waals surface area contributed by atoms with E-state index < -0.39 is 0 Å². The minimum absolute atomic E-state index is 0.0952. The zero-order valence-corrected chi connectivity index (χ0v) is 15.5. The summed E-state index contributed by atoms with van der Waals surface area (Å²) in [6, 6.07) is 6.61. The van der Waals surface area contributed by atoms with Gasteiger partial charge in [-0.3, -0.25) is 9.89 Å². The number of rotatable bonds is 4. The maximum absolute atomic E-state index is 14.2. The van der Waals surface area contributed by atoms with Gasteiger partial charge in [0.15, 0.2) is 11.6 Å². The van der Waals surface area contributed by atoms with Crippen LogP contribution in [0.3, 0.4) is 0 Å². The molecule has 6 nitrogen and oxygen atoms in total. The molecule has 2 N–H and O–H groups in total. The van der Waals surface area contributed by atoms with Crippen LogP contribution in [0, 0.1) is 16.3 Å². The Bertz CT molecular complexity index is 931. The van der Waals surface area contributed by atoms with Gasteiger partial charge in [0.1, 0.15) is 17.5 Å². The minimum Gasteiger partial charge on any atom is -0.339 e. The molecule has 0 unspecified atom stereocenters. The number of nitrogens with one attached hydrogen (secondary N) is 2. The van der Waals surface area contributed by atoms with E-state index in [1.54, 1.807) is 36.7 Å². The van der Waals surface area contributed by atoms with E-state index >= 15 is 0 Å². The SMILES string of the molecule is CC(=O)c1cc(-c2n[nH]c(C)n2)c(Nc2ccc(I)cc2F)n1C. The van der Waals surface area contributed by atoms with Crippen molar-refractivity contribution in [2.75, 3.05) is 5.32 Å². The average Bonchev–Trinajstić information content (AvgIpc) is 3.06. The minimum atomic E-state index is -0.371. The first-order valence-corrected chi connectivity index (χ1v) is 8.27. The molecule has 0 spiro atoms. The van der Waals surface area contributed by atoms with Gasteiger partial charge in [-0.15, -0.1) is 0 Å². The van der Waals surface area contributed by atoms with E-state index in [2.05, 4.69) is 20.5 Å². The lowest BCUT2D eigenvalue weighted by atomic mass is 10.2. The van der Waals surface area contributed by atoms with E-state index in [1.165, 1.54) is 13.0 Å². The highest BCUT2D eigenvalue weighted by atomic mass is 127. The van der Waals surface area contributed by atoms with Crippen LogP contribution in [0.2, 0.25) is 0 Å². The summed E-state index contributed by atoms with van der Waals surface area (Å²) >= 11 is 2.05. The molecule has 0 amide bonds. The van der Waals surface area contributed by atoms with Crippen LogP contribution in [-0.4, -0.2) is 25.5 Å². The van der Waals surface area contributed by atoms with Crippen LogP contribution < -0.4 is 5.32 Å². The van der Waals surface area contributed by atoms with E-state index in [4.69, 9.17) is 0 Å². The second-order valence-electron chi connectivity index (χ2n) is 5.40. The van der Waals surface area contributed by atoms with Gasteiger partial charge in [-0.2, -0.15) is 5.10 Å². The van der Waals surface area contributed by atoms with E-state index in [1.807, 2.05) is 22.6 Å². The number of hydrogen-bond acceptors (Lipinski definition) is 4. The van der Waals surface area contributed by atoms with E-state index in [0.717, 1.165) is 3.57 Å². The summed E-state index contributed by atoms with van der Waals surface area (Å²) in [6.45, 7) is 3.27. The van der Waals surface area contributed by atoms with Gasteiger partial charge in [0.25, 0.3) is 0 Å². The summed E-state index contributed by atoms with van der Waals surface area (Å²) < 4.78 is 16.7. The predicted molar refractivity (Wildman–Crippen MR) is 97.9 cm³/mol. The third-order valence-corrected chi connectivity index (χ3v) is 4.29. The normalized spacial score (nSPS) is 10.9. The Morgan fingerprint density at radius 1 is 1.38 bits per heavy atom. The van der Waals surface area contributed by atoms with E-state index in [0.29, 0.717) is 34.4 Å². The van der Waals surface area contributed by atoms with Crippen molar-refractivity contribution in [1.82, 2.24) is 19.7 Å². The van der Waals surface area contributed by atoms with Crippen LogP contribution in [0.4, 0.5) is 15.9 Å². The van der Waals surface area contributed by atoms with Gasteiger partial charge >= 0.3 is 0 Å². The number of anilines is 2.